The van der Waals surface area contributed by atoms with Crippen LogP contribution in [0, 0.1) is 0 Å². The SMILES string of the molecule is C=CS(=O)(=O)Nc1ccc(Oc2ccncc2)c(-c2cc(CC)c(=O)n(C)c2)c1. The van der Waals surface area contributed by atoms with Crippen LogP contribution in [0.1, 0.15) is 12.5 Å². The van der Waals surface area contributed by atoms with E-state index in [2.05, 4.69) is 16.3 Å². The maximum atomic E-state index is 12.3. The summed E-state index contributed by atoms with van der Waals surface area (Å²) in [6, 6.07) is 10.2. The number of sulfonamides is 1. The van der Waals surface area contributed by atoms with Crippen molar-refractivity contribution < 1.29 is 13.2 Å². The first-order chi connectivity index (χ1) is 13.8. The van der Waals surface area contributed by atoms with Gasteiger partial charge in [0.25, 0.3) is 15.6 Å². The van der Waals surface area contributed by atoms with Crippen LogP contribution < -0.4 is 15.0 Å². The number of aryl methyl sites for hydroxylation is 2. The molecule has 0 atom stereocenters. The third-order valence-corrected chi connectivity index (χ3v) is 5.25. The Morgan fingerprint density at radius 2 is 1.93 bits per heavy atom. The van der Waals surface area contributed by atoms with E-state index in [1.165, 1.54) is 4.57 Å². The van der Waals surface area contributed by atoms with Gasteiger partial charge in [0.2, 0.25) is 0 Å². The maximum absolute atomic E-state index is 12.3. The summed E-state index contributed by atoms with van der Waals surface area (Å²) in [5.41, 5.74) is 2.30. The fourth-order valence-electron chi connectivity index (χ4n) is 2.83. The smallest absolute Gasteiger partial charge is 0.254 e. The van der Waals surface area contributed by atoms with Crippen molar-refractivity contribution in [1.29, 1.82) is 0 Å². The van der Waals surface area contributed by atoms with Crippen LogP contribution in [0.5, 0.6) is 11.5 Å². The zero-order valence-electron chi connectivity index (χ0n) is 16.1. The van der Waals surface area contributed by atoms with Gasteiger partial charge in [-0.15, -0.1) is 0 Å². The van der Waals surface area contributed by atoms with Gasteiger partial charge >= 0.3 is 0 Å². The monoisotopic (exact) mass is 411 g/mol. The van der Waals surface area contributed by atoms with Gasteiger partial charge in [0.15, 0.2) is 0 Å². The minimum atomic E-state index is -3.66. The molecule has 1 N–H and O–H groups in total. The Morgan fingerprint density at radius 3 is 2.59 bits per heavy atom. The lowest BCUT2D eigenvalue weighted by molar-refractivity contribution is 0.483. The maximum Gasteiger partial charge on any atom is 0.254 e. The lowest BCUT2D eigenvalue weighted by atomic mass is 10.0. The summed E-state index contributed by atoms with van der Waals surface area (Å²) in [6.07, 6.45) is 5.50. The molecule has 0 saturated carbocycles. The number of aromatic nitrogens is 2. The molecule has 0 fully saturated rings. The third kappa shape index (κ3) is 4.72. The number of pyridine rings is 2. The Hall–Kier alpha value is -3.39. The van der Waals surface area contributed by atoms with Gasteiger partial charge in [-0.05, 0) is 42.8 Å². The largest absolute Gasteiger partial charge is 0.457 e. The second-order valence-corrected chi connectivity index (χ2v) is 7.96. The highest BCUT2D eigenvalue weighted by Gasteiger charge is 2.14. The molecule has 3 aromatic rings. The molecule has 0 spiro atoms. The van der Waals surface area contributed by atoms with Gasteiger partial charge in [0, 0.05) is 53.4 Å². The standard InChI is InChI=1S/C21H21N3O4S/c1-4-15-12-16(14-24(3)21(15)25)19-13-17(23-29(26,27)5-2)6-7-20(19)28-18-8-10-22-11-9-18/h5-14,23H,2,4H2,1,3H3. The highest BCUT2D eigenvalue weighted by Crippen LogP contribution is 2.35. The van der Waals surface area contributed by atoms with Crippen LogP contribution in [0.25, 0.3) is 11.1 Å². The normalized spacial score (nSPS) is 11.1. The Kier molecular flexibility index (Phi) is 5.84. The second-order valence-electron chi connectivity index (χ2n) is 6.33. The Balaban J connectivity index is 2.16. The van der Waals surface area contributed by atoms with Gasteiger partial charge in [0.05, 0.1) is 0 Å². The minimum absolute atomic E-state index is 0.0728. The van der Waals surface area contributed by atoms with Crippen LogP contribution in [0.4, 0.5) is 5.69 Å². The average Bonchev–Trinajstić information content (AvgIpc) is 2.71. The van der Waals surface area contributed by atoms with E-state index >= 15 is 0 Å². The molecule has 7 nitrogen and oxygen atoms in total. The summed E-state index contributed by atoms with van der Waals surface area (Å²) in [7, 11) is -1.98. The number of ether oxygens (including phenoxy) is 1. The van der Waals surface area contributed by atoms with Crippen molar-refractivity contribution in [1.82, 2.24) is 9.55 Å². The zero-order valence-corrected chi connectivity index (χ0v) is 16.9. The molecule has 0 radical (unpaired) electrons. The molecular formula is C21H21N3O4S. The number of nitrogens with one attached hydrogen (secondary N) is 1. The first-order valence-electron chi connectivity index (χ1n) is 8.90. The van der Waals surface area contributed by atoms with Crippen molar-refractivity contribution >= 4 is 15.7 Å². The molecule has 0 unspecified atom stereocenters. The van der Waals surface area contributed by atoms with Crippen LogP contribution in [0.15, 0.2) is 71.8 Å². The molecule has 8 heteroatoms. The molecule has 3 rings (SSSR count). The second kappa shape index (κ2) is 8.32. The number of benzene rings is 1. The van der Waals surface area contributed by atoms with Crippen LogP contribution in [-0.2, 0) is 23.5 Å². The van der Waals surface area contributed by atoms with Crippen LogP contribution in [-0.4, -0.2) is 18.0 Å². The first kappa shape index (κ1) is 20.3. The third-order valence-electron chi connectivity index (χ3n) is 4.29. The van der Waals surface area contributed by atoms with E-state index < -0.39 is 10.0 Å². The molecule has 0 saturated heterocycles. The van der Waals surface area contributed by atoms with Gasteiger partial charge in [-0.3, -0.25) is 14.5 Å². The van der Waals surface area contributed by atoms with Gasteiger partial charge in [-0.1, -0.05) is 13.5 Å². The number of rotatable bonds is 7. The molecule has 29 heavy (non-hydrogen) atoms. The molecule has 0 aliphatic rings. The molecule has 0 bridgehead atoms. The molecule has 0 aliphatic heterocycles. The lowest BCUT2D eigenvalue weighted by Gasteiger charge is -2.15. The zero-order chi connectivity index (χ0) is 21.0. The van der Waals surface area contributed by atoms with E-state index in [0.717, 1.165) is 11.0 Å². The summed E-state index contributed by atoms with van der Waals surface area (Å²) < 4.78 is 33.7. The van der Waals surface area contributed by atoms with E-state index in [1.54, 1.807) is 62.0 Å². The van der Waals surface area contributed by atoms with Gasteiger partial charge in [-0.2, -0.15) is 0 Å². The van der Waals surface area contributed by atoms with E-state index in [-0.39, 0.29) is 5.56 Å². The molecule has 0 amide bonds. The number of nitrogens with zero attached hydrogens (tertiary/aromatic N) is 2. The van der Waals surface area contributed by atoms with Gasteiger partial charge < -0.3 is 9.30 Å². The van der Waals surface area contributed by atoms with Gasteiger partial charge in [-0.25, -0.2) is 8.42 Å². The summed E-state index contributed by atoms with van der Waals surface area (Å²) in [5, 5.41) is 0.843. The molecule has 2 heterocycles. The van der Waals surface area contributed by atoms with Crippen LogP contribution >= 0.6 is 0 Å². The number of hydrogen-bond donors (Lipinski definition) is 1. The number of hydrogen-bond acceptors (Lipinski definition) is 5. The fraction of sp³-hybridized carbons (Fsp3) is 0.143. The number of anilines is 1. The predicted molar refractivity (Wildman–Crippen MR) is 114 cm³/mol. The Labute approximate surface area is 169 Å². The van der Waals surface area contributed by atoms with E-state index in [0.29, 0.717) is 34.7 Å². The predicted octanol–water partition coefficient (Wildman–Crippen LogP) is 3.69. The van der Waals surface area contributed by atoms with Crippen molar-refractivity contribution in [3.63, 3.8) is 0 Å². The van der Waals surface area contributed by atoms with Crippen molar-refractivity contribution in [2.45, 2.75) is 13.3 Å². The minimum Gasteiger partial charge on any atom is -0.457 e. The summed E-state index contributed by atoms with van der Waals surface area (Å²) >= 11 is 0. The van der Waals surface area contributed by atoms with E-state index in [9.17, 15) is 13.2 Å². The van der Waals surface area contributed by atoms with Crippen LogP contribution in [0.3, 0.4) is 0 Å². The van der Waals surface area contributed by atoms with Crippen molar-refractivity contribution in [2.24, 2.45) is 7.05 Å². The molecule has 1 aromatic carbocycles. The Morgan fingerprint density at radius 1 is 1.21 bits per heavy atom. The summed E-state index contributed by atoms with van der Waals surface area (Å²) in [4.78, 5) is 16.2. The average molecular weight is 411 g/mol. The quantitative estimate of drug-likeness (QED) is 0.640. The first-order valence-corrected chi connectivity index (χ1v) is 10.4. The fourth-order valence-corrected chi connectivity index (χ4v) is 3.37. The molecular weight excluding hydrogens is 390 g/mol. The van der Waals surface area contributed by atoms with Crippen molar-refractivity contribution in [2.75, 3.05) is 4.72 Å². The highest BCUT2D eigenvalue weighted by molar-refractivity contribution is 7.95. The Bertz CT molecular complexity index is 1200. The van der Waals surface area contributed by atoms with Crippen molar-refractivity contribution in [3.8, 4) is 22.6 Å². The summed E-state index contributed by atoms with van der Waals surface area (Å²) in [5.74, 6) is 1.10. The van der Waals surface area contributed by atoms with Gasteiger partial charge in [0.1, 0.15) is 11.5 Å². The van der Waals surface area contributed by atoms with E-state index in [1.807, 2.05) is 6.92 Å². The van der Waals surface area contributed by atoms with E-state index in [4.69, 9.17) is 4.74 Å². The summed E-state index contributed by atoms with van der Waals surface area (Å²) in [6.45, 7) is 5.21. The lowest BCUT2D eigenvalue weighted by Crippen LogP contribution is -2.20. The van der Waals surface area contributed by atoms with Crippen molar-refractivity contribution in [3.05, 3.63) is 82.9 Å². The topological polar surface area (TPSA) is 90.3 Å². The molecule has 2 aromatic heterocycles. The molecule has 0 aliphatic carbocycles. The molecule has 150 valence electrons. The highest BCUT2D eigenvalue weighted by atomic mass is 32.2. The van der Waals surface area contributed by atoms with Crippen LogP contribution in [0.2, 0.25) is 0 Å².